The monoisotopic (exact) mass is 332 g/mol. The predicted octanol–water partition coefficient (Wildman–Crippen LogP) is 3.53. The van der Waals surface area contributed by atoms with E-state index in [4.69, 9.17) is 14.6 Å². The van der Waals surface area contributed by atoms with E-state index in [2.05, 4.69) is 0 Å². The summed E-state index contributed by atoms with van der Waals surface area (Å²) in [4.78, 5) is 0. The standard InChI is InChI=1S/2C10H14O2/c1-9(7-11)8-12-10-5-3-2-4-6-10;1-2-9(11)8-12-10-6-4-3-5-7-10/h2-6,9,11H,7-8H2,1H3;3-7,9,11H,2,8H2,1H3/t9-;/m1./s1. The highest BCUT2D eigenvalue weighted by Gasteiger charge is 2.00. The quantitative estimate of drug-likeness (QED) is 0.776. The number of aliphatic hydroxyl groups is 2. The van der Waals surface area contributed by atoms with Gasteiger partial charge in [-0.05, 0) is 30.7 Å². The molecule has 4 nitrogen and oxygen atoms in total. The van der Waals surface area contributed by atoms with Gasteiger partial charge < -0.3 is 19.7 Å². The van der Waals surface area contributed by atoms with E-state index in [1.165, 1.54) is 0 Å². The molecule has 0 saturated carbocycles. The van der Waals surface area contributed by atoms with Gasteiger partial charge in [-0.2, -0.15) is 0 Å². The van der Waals surface area contributed by atoms with E-state index in [1.54, 1.807) is 0 Å². The number of benzene rings is 2. The van der Waals surface area contributed by atoms with Crippen LogP contribution in [0.25, 0.3) is 0 Å². The third-order valence-corrected chi connectivity index (χ3v) is 3.25. The van der Waals surface area contributed by atoms with Gasteiger partial charge in [0.1, 0.15) is 18.1 Å². The predicted molar refractivity (Wildman–Crippen MR) is 96.4 cm³/mol. The van der Waals surface area contributed by atoms with Crippen LogP contribution in [0.1, 0.15) is 20.3 Å². The topological polar surface area (TPSA) is 58.9 Å². The van der Waals surface area contributed by atoms with Crippen LogP contribution < -0.4 is 9.47 Å². The van der Waals surface area contributed by atoms with Crippen LogP contribution in [0, 0.1) is 5.92 Å². The Hall–Kier alpha value is -2.04. The van der Waals surface area contributed by atoms with E-state index in [0.29, 0.717) is 13.2 Å². The van der Waals surface area contributed by atoms with Crippen molar-refractivity contribution >= 4 is 0 Å². The second kappa shape index (κ2) is 12.4. The summed E-state index contributed by atoms with van der Waals surface area (Å²) in [5.41, 5.74) is 0. The molecule has 0 radical (unpaired) electrons. The summed E-state index contributed by atoms with van der Waals surface area (Å²) in [6.07, 6.45) is 0.373. The number of hydrogen-bond donors (Lipinski definition) is 2. The maximum atomic E-state index is 9.19. The zero-order chi connectivity index (χ0) is 17.6. The number of hydrogen-bond acceptors (Lipinski definition) is 4. The Bertz CT molecular complexity index is 466. The van der Waals surface area contributed by atoms with Crippen LogP contribution >= 0.6 is 0 Å². The van der Waals surface area contributed by atoms with E-state index in [-0.39, 0.29) is 18.6 Å². The molecule has 1 unspecified atom stereocenters. The minimum atomic E-state index is -0.356. The first kappa shape index (κ1) is 20.0. The number of ether oxygens (including phenoxy) is 2. The van der Waals surface area contributed by atoms with Crippen LogP contribution in [0.15, 0.2) is 60.7 Å². The molecule has 4 heteroatoms. The fourth-order valence-electron chi connectivity index (χ4n) is 1.63. The minimum Gasteiger partial charge on any atom is -0.493 e. The van der Waals surface area contributed by atoms with Gasteiger partial charge >= 0.3 is 0 Å². The lowest BCUT2D eigenvalue weighted by Gasteiger charge is -2.09. The van der Waals surface area contributed by atoms with Crippen LogP contribution in [-0.2, 0) is 0 Å². The largest absolute Gasteiger partial charge is 0.493 e. The van der Waals surface area contributed by atoms with Crippen LogP contribution in [0.2, 0.25) is 0 Å². The summed E-state index contributed by atoms with van der Waals surface area (Å²) in [5.74, 6) is 1.87. The molecule has 0 aliphatic heterocycles. The van der Waals surface area contributed by atoms with Crippen molar-refractivity contribution in [2.75, 3.05) is 19.8 Å². The van der Waals surface area contributed by atoms with Crippen LogP contribution in [0.5, 0.6) is 11.5 Å². The molecular formula is C20H28O4. The molecular weight excluding hydrogens is 304 g/mol. The maximum absolute atomic E-state index is 9.19. The van der Waals surface area contributed by atoms with Crippen molar-refractivity contribution in [2.24, 2.45) is 5.92 Å². The van der Waals surface area contributed by atoms with E-state index < -0.39 is 0 Å². The molecule has 0 bridgehead atoms. The molecule has 0 amide bonds. The van der Waals surface area contributed by atoms with Crippen LogP contribution in [-0.4, -0.2) is 36.1 Å². The van der Waals surface area contributed by atoms with Crippen LogP contribution in [0.4, 0.5) is 0 Å². The van der Waals surface area contributed by atoms with E-state index in [0.717, 1.165) is 17.9 Å². The molecule has 24 heavy (non-hydrogen) atoms. The maximum Gasteiger partial charge on any atom is 0.119 e. The van der Waals surface area contributed by atoms with Crippen molar-refractivity contribution in [1.82, 2.24) is 0 Å². The molecule has 2 aromatic rings. The zero-order valence-corrected chi connectivity index (χ0v) is 14.5. The lowest BCUT2D eigenvalue weighted by molar-refractivity contribution is 0.104. The Kier molecular flexibility index (Phi) is 10.3. The molecule has 2 aromatic carbocycles. The molecule has 132 valence electrons. The average molecular weight is 332 g/mol. The van der Waals surface area contributed by atoms with Crippen molar-refractivity contribution in [3.05, 3.63) is 60.7 Å². The Balaban J connectivity index is 0.000000240. The Morgan fingerprint density at radius 2 is 1.29 bits per heavy atom. The van der Waals surface area contributed by atoms with Crippen LogP contribution in [0.3, 0.4) is 0 Å². The fraction of sp³-hybridized carbons (Fsp3) is 0.400. The third kappa shape index (κ3) is 9.18. The van der Waals surface area contributed by atoms with Gasteiger partial charge in [-0.25, -0.2) is 0 Å². The summed E-state index contributed by atoms with van der Waals surface area (Å²) in [6, 6.07) is 19.1. The van der Waals surface area contributed by atoms with Gasteiger partial charge in [-0.15, -0.1) is 0 Å². The van der Waals surface area contributed by atoms with Gasteiger partial charge in [0.25, 0.3) is 0 Å². The molecule has 2 N–H and O–H groups in total. The molecule has 0 spiro atoms. The lowest BCUT2D eigenvalue weighted by atomic mass is 10.2. The molecule has 0 saturated heterocycles. The van der Waals surface area contributed by atoms with Crippen molar-refractivity contribution in [1.29, 1.82) is 0 Å². The highest BCUT2D eigenvalue weighted by Crippen LogP contribution is 2.10. The number of rotatable bonds is 8. The Labute approximate surface area is 144 Å². The first-order valence-corrected chi connectivity index (χ1v) is 8.30. The van der Waals surface area contributed by atoms with Gasteiger partial charge in [-0.3, -0.25) is 0 Å². The van der Waals surface area contributed by atoms with E-state index in [1.807, 2.05) is 74.5 Å². The van der Waals surface area contributed by atoms with Crippen molar-refractivity contribution in [2.45, 2.75) is 26.4 Å². The second-order valence-corrected chi connectivity index (χ2v) is 5.60. The van der Waals surface area contributed by atoms with Gasteiger partial charge in [0.15, 0.2) is 0 Å². The number of para-hydroxylation sites is 2. The first-order chi connectivity index (χ1) is 11.7. The fourth-order valence-corrected chi connectivity index (χ4v) is 1.63. The minimum absolute atomic E-state index is 0.173. The first-order valence-electron chi connectivity index (χ1n) is 8.30. The molecule has 0 aliphatic carbocycles. The summed E-state index contributed by atoms with van der Waals surface area (Å²) < 4.78 is 10.7. The van der Waals surface area contributed by atoms with Gasteiger partial charge in [0.05, 0.1) is 12.7 Å². The van der Waals surface area contributed by atoms with E-state index >= 15 is 0 Å². The summed E-state index contributed by atoms with van der Waals surface area (Å²) in [6.45, 7) is 5.00. The Morgan fingerprint density at radius 3 is 1.71 bits per heavy atom. The van der Waals surface area contributed by atoms with E-state index in [9.17, 15) is 5.11 Å². The van der Waals surface area contributed by atoms with Crippen molar-refractivity contribution in [3.8, 4) is 11.5 Å². The molecule has 0 aliphatic rings. The highest BCUT2D eigenvalue weighted by molar-refractivity contribution is 5.21. The molecule has 0 aromatic heterocycles. The van der Waals surface area contributed by atoms with Gasteiger partial charge in [0, 0.05) is 12.5 Å². The highest BCUT2D eigenvalue weighted by atomic mass is 16.5. The number of aliphatic hydroxyl groups excluding tert-OH is 2. The van der Waals surface area contributed by atoms with Crippen molar-refractivity contribution < 1.29 is 19.7 Å². The van der Waals surface area contributed by atoms with Crippen molar-refractivity contribution in [3.63, 3.8) is 0 Å². The summed E-state index contributed by atoms with van der Waals surface area (Å²) in [5, 5.41) is 17.9. The van der Waals surface area contributed by atoms with Gasteiger partial charge in [0.2, 0.25) is 0 Å². The molecule has 2 atom stereocenters. The zero-order valence-electron chi connectivity index (χ0n) is 14.5. The summed E-state index contributed by atoms with van der Waals surface area (Å²) >= 11 is 0. The molecule has 0 heterocycles. The summed E-state index contributed by atoms with van der Waals surface area (Å²) in [7, 11) is 0. The lowest BCUT2D eigenvalue weighted by Crippen LogP contribution is -2.15. The second-order valence-electron chi connectivity index (χ2n) is 5.60. The third-order valence-electron chi connectivity index (χ3n) is 3.25. The Morgan fingerprint density at radius 1 is 0.833 bits per heavy atom. The molecule has 2 rings (SSSR count). The average Bonchev–Trinajstić information content (AvgIpc) is 2.66. The SMILES string of the molecule is CCC(O)COc1ccccc1.C[C@H](CO)COc1ccccc1. The normalized spacial score (nSPS) is 12.5. The molecule has 0 fully saturated rings. The smallest absolute Gasteiger partial charge is 0.119 e. The van der Waals surface area contributed by atoms with Gasteiger partial charge in [-0.1, -0.05) is 50.2 Å².